The van der Waals surface area contributed by atoms with Crippen molar-refractivity contribution in [1.82, 2.24) is 20.1 Å². The summed E-state index contributed by atoms with van der Waals surface area (Å²) in [5.41, 5.74) is 1.18. The van der Waals surface area contributed by atoms with Crippen molar-refractivity contribution >= 4 is 47.4 Å². The Bertz CT molecular complexity index is 827. The number of pyridine rings is 1. The van der Waals surface area contributed by atoms with E-state index in [0.29, 0.717) is 24.7 Å². The van der Waals surface area contributed by atoms with Crippen LogP contribution in [0.2, 0.25) is 5.02 Å². The number of guanidine groups is 1. The van der Waals surface area contributed by atoms with E-state index in [1.807, 2.05) is 43.6 Å². The summed E-state index contributed by atoms with van der Waals surface area (Å²) in [6.45, 7) is 6.04. The zero-order chi connectivity index (χ0) is 21.3. The van der Waals surface area contributed by atoms with E-state index in [9.17, 15) is 0 Å². The summed E-state index contributed by atoms with van der Waals surface area (Å²) in [6.07, 6.45) is 1.87. The summed E-state index contributed by atoms with van der Waals surface area (Å²) in [6, 6.07) is 11.5. The van der Waals surface area contributed by atoms with E-state index < -0.39 is 0 Å². The van der Waals surface area contributed by atoms with E-state index >= 15 is 0 Å². The molecule has 1 aliphatic rings. The molecule has 0 spiro atoms. The molecule has 2 heterocycles. The van der Waals surface area contributed by atoms with Crippen LogP contribution in [0.3, 0.4) is 0 Å². The summed E-state index contributed by atoms with van der Waals surface area (Å²) in [7, 11) is 5.96. The van der Waals surface area contributed by atoms with Crippen molar-refractivity contribution in [3.8, 4) is 5.75 Å². The molecule has 1 aromatic carbocycles. The van der Waals surface area contributed by atoms with E-state index in [1.165, 1.54) is 5.56 Å². The second-order valence-electron chi connectivity index (χ2n) is 7.40. The number of aromatic nitrogens is 1. The van der Waals surface area contributed by atoms with E-state index in [-0.39, 0.29) is 24.0 Å². The fourth-order valence-electron chi connectivity index (χ4n) is 3.37. The highest BCUT2D eigenvalue weighted by atomic mass is 127. The molecule has 0 amide bonds. The van der Waals surface area contributed by atoms with Gasteiger partial charge in [-0.15, -0.1) is 24.0 Å². The number of hydrogen-bond donors (Lipinski definition) is 1. The third kappa shape index (κ3) is 7.69. The fourth-order valence-corrected chi connectivity index (χ4v) is 3.49. The minimum atomic E-state index is 0. The maximum atomic E-state index is 5.91. The van der Waals surface area contributed by atoms with Crippen molar-refractivity contribution in [1.29, 1.82) is 0 Å². The molecule has 31 heavy (non-hydrogen) atoms. The molecule has 0 saturated carbocycles. The highest BCUT2D eigenvalue weighted by Crippen LogP contribution is 2.19. The van der Waals surface area contributed by atoms with Gasteiger partial charge >= 0.3 is 0 Å². The van der Waals surface area contributed by atoms with Gasteiger partial charge in [-0.2, -0.15) is 0 Å². The molecule has 170 valence electrons. The number of nitrogens with zero attached hydrogens (tertiary/aromatic N) is 5. The lowest BCUT2D eigenvalue weighted by Gasteiger charge is -2.34. The minimum Gasteiger partial charge on any atom is -0.492 e. The molecule has 1 aliphatic heterocycles. The Morgan fingerprint density at radius 2 is 1.90 bits per heavy atom. The van der Waals surface area contributed by atoms with Crippen molar-refractivity contribution in [2.45, 2.75) is 6.54 Å². The van der Waals surface area contributed by atoms with Crippen LogP contribution >= 0.6 is 35.6 Å². The molecular formula is C22H32ClIN6O. The minimum absolute atomic E-state index is 0. The predicted molar refractivity (Wildman–Crippen MR) is 139 cm³/mol. The molecule has 0 bridgehead atoms. The largest absolute Gasteiger partial charge is 0.492 e. The number of halogens is 2. The summed E-state index contributed by atoms with van der Waals surface area (Å²) in [5.74, 6) is 2.69. The zero-order valence-electron chi connectivity index (χ0n) is 18.4. The van der Waals surface area contributed by atoms with Crippen LogP contribution in [-0.2, 0) is 6.54 Å². The molecule has 9 heteroatoms. The maximum Gasteiger partial charge on any atom is 0.193 e. The Hall–Kier alpha value is -1.78. The summed E-state index contributed by atoms with van der Waals surface area (Å²) >= 11 is 5.91. The second-order valence-corrected chi connectivity index (χ2v) is 7.84. The summed E-state index contributed by atoms with van der Waals surface area (Å²) in [5, 5.41) is 4.16. The number of benzene rings is 1. The predicted octanol–water partition coefficient (Wildman–Crippen LogP) is 3.19. The Morgan fingerprint density at radius 1 is 1.19 bits per heavy atom. The number of nitrogens with one attached hydrogen (secondary N) is 1. The lowest BCUT2D eigenvalue weighted by atomic mass is 10.2. The van der Waals surface area contributed by atoms with Gasteiger partial charge in [0.25, 0.3) is 0 Å². The zero-order valence-corrected chi connectivity index (χ0v) is 21.5. The van der Waals surface area contributed by atoms with E-state index in [2.05, 4.69) is 43.1 Å². The Balaban J connectivity index is 0.00000341. The van der Waals surface area contributed by atoms with Gasteiger partial charge in [0.15, 0.2) is 5.96 Å². The molecule has 0 radical (unpaired) electrons. The van der Waals surface area contributed by atoms with Gasteiger partial charge in [-0.1, -0.05) is 17.7 Å². The topological polar surface area (TPSA) is 56.2 Å². The van der Waals surface area contributed by atoms with Gasteiger partial charge in [-0.25, -0.2) is 4.98 Å². The van der Waals surface area contributed by atoms with Gasteiger partial charge in [0.1, 0.15) is 18.2 Å². The van der Waals surface area contributed by atoms with Crippen LogP contribution in [-0.4, -0.2) is 81.2 Å². The maximum absolute atomic E-state index is 5.91. The van der Waals surface area contributed by atoms with Crippen LogP contribution in [0.15, 0.2) is 47.6 Å². The highest BCUT2D eigenvalue weighted by Gasteiger charge is 2.18. The van der Waals surface area contributed by atoms with E-state index in [0.717, 1.165) is 43.7 Å². The highest BCUT2D eigenvalue weighted by molar-refractivity contribution is 14.0. The van der Waals surface area contributed by atoms with Crippen molar-refractivity contribution in [3.05, 3.63) is 53.2 Å². The molecule has 1 saturated heterocycles. The molecule has 1 N–H and O–H groups in total. The van der Waals surface area contributed by atoms with Crippen molar-refractivity contribution in [2.24, 2.45) is 4.99 Å². The molecular weight excluding hydrogens is 527 g/mol. The van der Waals surface area contributed by atoms with Crippen molar-refractivity contribution in [2.75, 3.05) is 65.4 Å². The lowest BCUT2D eigenvalue weighted by Crippen LogP contribution is -2.45. The van der Waals surface area contributed by atoms with Crippen LogP contribution in [0.4, 0.5) is 5.82 Å². The first-order valence-corrected chi connectivity index (χ1v) is 10.6. The normalized spacial score (nSPS) is 14.7. The molecule has 0 unspecified atom stereocenters. The Labute approximate surface area is 207 Å². The monoisotopic (exact) mass is 558 g/mol. The third-order valence-electron chi connectivity index (χ3n) is 5.19. The first-order valence-electron chi connectivity index (χ1n) is 10.2. The number of likely N-dealkylation sites (N-methyl/N-ethyl adjacent to an activating group) is 2. The standard InChI is InChI=1S/C22H31ClN6O.HI/c1-24-22(28(3)15-16-30-20-8-6-19(23)7-9-20)26-17-18-5-4-10-25-21(18)29-13-11-27(2)12-14-29;/h4-10H,11-17H2,1-3H3,(H,24,26);1H. The smallest absolute Gasteiger partial charge is 0.193 e. The van der Waals surface area contributed by atoms with E-state index in [4.69, 9.17) is 16.3 Å². The molecule has 1 aromatic heterocycles. The summed E-state index contributed by atoms with van der Waals surface area (Å²) in [4.78, 5) is 15.8. The van der Waals surface area contributed by atoms with Gasteiger partial charge in [0.05, 0.1) is 6.54 Å². The molecule has 0 aliphatic carbocycles. The lowest BCUT2D eigenvalue weighted by molar-refractivity contribution is 0.281. The number of piperazine rings is 1. The molecule has 7 nitrogen and oxygen atoms in total. The third-order valence-corrected chi connectivity index (χ3v) is 5.44. The van der Waals surface area contributed by atoms with Gasteiger partial charge in [-0.05, 0) is 37.4 Å². The molecule has 0 atom stereocenters. The van der Waals surface area contributed by atoms with Crippen molar-refractivity contribution in [3.63, 3.8) is 0 Å². The van der Waals surface area contributed by atoms with Crippen LogP contribution in [0, 0.1) is 0 Å². The van der Waals surface area contributed by atoms with Crippen LogP contribution in [0.25, 0.3) is 0 Å². The van der Waals surface area contributed by atoms with Crippen LogP contribution < -0.4 is 15.0 Å². The Kier molecular flexibility index (Phi) is 10.6. The average molecular weight is 559 g/mol. The van der Waals surface area contributed by atoms with Crippen LogP contribution in [0.5, 0.6) is 5.75 Å². The van der Waals surface area contributed by atoms with Crippen LogP contribution in [0.1, 0.15) is 5.56 Å². The first-order chi connectivity index (χ1) is 14.6. The number of ether oxygens (including phenoxy) is 1. The van der Waals surface area contributed by atoms with E-state index in [1.54, 1.807) is 7.05 Å². The molecule has 1 fully saturated rings. The number of rotatable bonds is 7. The second kappa shape index (κ2) is 12.9. The summed E-state index contributed by atoms with van der Waals surface area (Å²) < 4.78 is 5.79. The van der Waals surface area contributed by atoms with Gasteiger partial charge in [-0.3, -0.25) is 4.99 Å². The quantitative estimate of drug-likeness (QED) is 0.320. The fraction of sp³-hybridized carbons (Fsp3) is 0.455. The SMILES string of the molecule is CN=C(NCc1cccnc1N1CCN(C)CC1)N(C)CCOc1ccc(Cl)cc1.I. The van der Waals surface area contributed by atoms with Gasteiger partial charge in [0, 0.05) is 63.6 Å². The average Bonchev–Trinajstić information content (AvgIpc) is 2.76. The number of hydrogen-bond acceptors (Lipinski definition) is 5. The number of anilines is 1. The van der Waals surface area contributed by atoms with Crippen molar-refractivity contribution < 1.29 is 4.74 Å². The molecule has 3 rings (SSSR count). The Morgan fingerprint density at radius 3 is 2.58 bits per heavy atom. The van der Waals surface area contributed by atoms with Gasteiger partial charge < -0.3 is 24.8 Å². The first kappa shape index (κ1) is 25.5. The molecule has 2 aromatic rings. The number of aliphatic imine (C=N–C) groups is 1. The van der Waals surface area contributed by atoms with Gasteiger partial charge in [0.2, 0.25) is 0 Å².